The summed E-state index contributed by atoms with van der Waals surface area (Å²) in [6.07, 6.45) is 0. The summed E-state index contributed by atoms with van der Waals surface area (Å²) in [6.45, 7) is 1.38. The predicted molar refractivity (Wildman–Crippen MR) is 101 cm³/mol. The van der Waals surface area contributed by atoms with E-state index in [2.05, 4.69) is 41.4 Å². The van der Waals surface area contributed by atoms with Gasteiger partial charge in [0.15, 0.2) is 0 Å². The Kier molecular flexibility index (Phi) is 6.84. The first-order chi connectivity index (χ1) is 12.0. The predicted octanol–water partition coefficient (Wildman–Crippen LogP) is 2.04. The van der Waals surface area contributed by atoms with Crippen LogP contribution < -0.4 is 19.7 Å². The number of amides is 1. The van der Waals surface area contributed by atoms with E-state index in [1.54, 1.807) is 26.4 Å². The van der Waals surface area contributed by atoms with Crippen molar-refractivity contribution in [3.05, 3.63) is 57.6 Å². The third-order valence-corrected chi connectivity index (χ3v) is 4.59. The average Bonchev–Trinajstić information content (AvgIpc) is 2.60. The third-order valence-electron chi connectivity index (χ3n) is 3.81. The van der Waals surface area contributed by atoms with Crippen LogP contribution in [0.2, 0.25) is 0 Å². The number of carbonyl (C=O) groups is 1. The molecule has 0 heterocycles. The van der Waals surface area contributed by atoms with Gasteiger partial charge in [0.2, 0.25) is 0 Å². The molecule has 0 saturated carbocycles. The Hall–Kier alpha value is -2.05. The number of nitrogens with one attached hydrogen (secondary N) is 2. The first kappa shape index (κ1) is 19.3. The molecule has 0 aliphatic carbocycles. The van der Waals surface area contributed by atoms with E-state index < -0.39 is 0 Å². The molecule has 0 aromatic heterocycles. The van der Waals surface area contributed by atoms with Crippen LogP contribution in [-0.4, -0.2) is 34.2 Å². The second kappa shape index (κ2) is 8.87. The molecule has 0 fully saturated rings. The number of carbonyl (C=O) groups excluding carboxylic acids is 1. The SMILES string of the molecule is COc1cc(C(=O)NCc2ccccc2C[NH+](C)C)cc(OC)c1Br. The minimum atomic E-state index is -0.170. The summed E-state index contributed by atoms with van der Waals surface area (Å²) < 4.78 is 11.3. The zero-order valence-corrected chi connectivity index (χ0v) is 16.6. The number of quaternary nitrogens is 1. The molecule has 0 spiro atoms. The first-order valence-corrected chi connectivity index (χ1v) is 8.81. The van der Waals surface area contributed by atoms with Gasteiger partial charge in [-0.1, -0.05) is 24.3 Å². The number of ether oxygens (including phenoxy) is 2. The second-order valence-corrected chi connectivity index (χ2v) is 6.82. The molecule has 0 bridgehead atoms. The third kappa shape index (κ3) is 4.96. The summed E-state index contributed by atoms with van der Waals surface area (Å²) in [4.78, 5) is 13.9. The molecule has 0 unspecified atom stereocenters. The lowest BCUT2D eigenvalue weighted by molar-refractivity contribution is -0.872. The number of benzene rings is 2. The van der Waals surface area contributed by atoms with Gasteiger partial charge in [0.1, 0.15) is 22.5 Å². The van der Waals surface area contributed by atoms with Crippen molar-refractivity contribution in [3.8, 4) is 11.5 Å². The van der Waals surface area contributed by atoms with Gasteiger partial charge in [-0.2, -0.15) is 0 Å². The van der Waals surface area contributed by atoms with Gasteiger partial charge >= 0.3 is 0 Å². The van der Waals surface area contributed by atoms with E-state index in [1.807, 2.05) is 18.2 Å². The van der Waals surface area contributed by atoms with Crippen LogP contribution in [0.25, 0.3) is 0 Å². The molecule has 0 saturated heterocycles. The fraction of sp³-hybridized carbons (Fsp3) is 0.316. The Balaban J connectivity index is 2.16. The maximum Gasteiger partial charge on any atom is 0.251 e. The highest BCUT2D eigenvalue weighted by molar-refractivity contribution is 9.10. The van der Waals surface area contributed by atoms with Gasteiger partial charge in [0, 0.05) is 17.7 Å². The van der Waals surface area contributed by atoms with Gasteiger partial charge < -0.3 is 19.7 Å². The van der Waals surface area contributed by atoms with E-state index in [-0.39, 0.29) is 5.91 Å². The summed E-state index contributed by atoms with van der Waals surface area (Å²) in [6, 6.07) is 11.5. The van der Waals surface area contributed by atoms with Gasteiger partial charge in [-0.15, -0.1) is 0 Å². The molecule has 0 aliphatic rings. The van der Waals surface area contributed by atoms with Crippen LogP contribution >= 0.6 is 15.9 Å². The number of hydrogen-bond donors (Lipinski definition) is 2. The van der Waals surface area contributed by atoms with E-state index in [0.717, 1.165) is 12.1 Å². The molecule has 0 aliphatic heterocycles. The second-order valence-electron chi connectivity index (χ2n) is 6.03. The topological polar surface area (TPSA) is 52.0 Å². The Labute approximate surface area is 157 Å². The van der Waals surface area contributed by atoms with E-state index >= 15 is 0 Å². The molecule has 2 aromatic carbocycles. The summed E-state index contributed by atoms with van der Waals surface area (Å²) in [5, 5.41) is 2.98. The molecule has 1 amide bonds. The molecule has 5 nitrogen and oxygen atoms in total. The number of halogens is 1. The van der Waals surface area contributed by atoms with Crippen LogP contribution in [0, 0.1) is 0 Å². The van der Waals surface area contributed by atoms with Crippen LogP contribution in [-0.2, 0) is 13.1 Å². The Morgan fingerprint density at radius 1 is 1.08 bits per heavy atom. The van der Waals surface area contributed by atoms with Crippen molar-refractivity contribution in [2.75, 3.05) is 28.3 Å². The molecular formula is C19H24BrN2O3+. The maximum atomic E-state index is 12.6. The van der Waals surface area contributed by atoms with Gasteiger partial charge in [-0.05, 0) is 33.6 Å². The van der Waals surface area contributed by atoms with Crippen LogP contribution in [0.15, 0.2) is 40.9 Å². The molecule has 0 radical (unpaired) electrons. The zero-order valence-electron chi connectivity index (χ0n) is 15.0. The molecule has 25 heavy (non-hydrogen) atoms. The molecule has 2 N–H and O–H groups in total. The summed E-state index contributed by atoms with van der Waals surface area (Å²) >= 11 is 3.41. The number of hydrogen-bond acceptors (Lipinski definition) is 3. The van der Waals surface area contributed by atoms with Crippen molar-refractivity contribution in [2.45, 2.75) is 13.1 Å². The van der Waals surface area contributed by atoms with Crippen LogP contribution in [0.3, 0.4) is 0 Å². The van der Waals surface area contributed by atoms with Gasteiger partial charge in [-0.3, -0.25) is 4.79 Å². The fourth-order valence-electron chi connectivity index (χ4n) is 2.56. The first-order valence-electron chi connectivity index (χ1n) is 8.01. The summed E-state index contributed by atoms with van der Waals surface area (Å²) in [5.41, 5.74) is 2.84. The van der Waals surface area contributed by atoms with Crippen molar-refractivity contribution in [3.63, 3.8) is 0 Å². The van der Waals surface area contributed by atoms with E-state index in [1.165, 1.54) is 10.5 Å². The molecule has 2 rings (SSSR count). The van der Waals surface area contributed by atoms with Crippen molar-refractivity contribution >= 4 is 21.8 Å². The molecule has 6 heteroatoms. The van der Waals surface area contributed by atoms with Crippen molar-refractivity contribution in [1.29, 1.82) is 0 Å². The normalized spacial score (nSPS) is 10.6. The van der Waals surface area contributed by atoms with Crippen LogP contribution in [0.1, 0.15) is 21.5 Å². The molecule has 134 valence electrons. The highest BCUT2D eigenvalue weighted by Gasteiger charge is 2.15. The lowest BCUT2D eigenvalue weighted by atomic mass is 10.1. The monoisotopic (exact) mass is 407 g/mol. The smallest absolute Gasteiger partial charge is 0.251 e. The molecule has 2 aromatic rings. The van der Waals surface area contributed by atoms with Crippen molar-refractivity contribution < 1.29 is 19.2 Å². The zero-order chi connectivity index (χ0) is 18.4. The lowest BCUT2D eigenvalue weighted by Gasteiger charge is -2.14. The van der Waals surface area contributed by atoms with Crippen LogP contribution in [0.4, 0.5) is 0 Å². The molecular weight excluding hydrogens is 384 g/mol. The standard InChI is InChI=1S/C19H23BrN2O3/c1-22(2)12-14-8-6-5-7-13(14)11-21-19(23)15-9-16(24-3)18(20)17(10-15)25-4/h5-10H,11-12H2,1-4H3,(H,21,23)/p+1. The van der Waals surface area contributed by atoms with Crippen molar-refractivity contribution in [1.82, 2.24) is 5.32 Å². The quantitative estimate of drug-likeness (QED) is 0.738. The van der Waals surface area contributed by atoms with Crippen LogP contribution in [0.5, 0.6) is 11.5 Å². The number of methoxy groups -OCH3 is 2. The minimum Gasteiger partial charge on any atom is -0.495 e. The average molecular weight is 408 g/mol. The highest BCUT2D eigenvalue weighted by atomic mass is 79.9. The Morgan fingerprint density at radius 3 is 2.16 bits per heavy atom. The summed E-state index contributed by atoms with van der Waals surface area (Å²) in [7, 11) is 7.33. The maximum absolute atomic E-state index is 12.6. The highest BCUT2D eigenvalue weighted by Crippen LogP contribution is 2.35. The number of rotatable bonds is 7. The van der Waals surface area contributed by atoms with Gasteiger partial charge in [-0.25, -0.2) is 0 Å². The minimum absolute atomic E-state index is 0.170. The lowest BCUT2D eigenvalue weighted by Crippen LogP contribution is -3.04. The Bertz CT molecular complexity index is 722. The fourth-order valence-corrected chi connectivity index (χ4v) is 3.11. The molecule has 0 atom stereocenters. The Morgan fingerprint density at radius 2 is 1.64 bits per heavy atom. The summed E-state index contributed by atoms with van der Waals surface area (Å²) in [5.74, 6) is 0.943. The van der Waals surface area contributed by atoms with Gasteiger partial charge in [0.25, 0.3) is 5.91 Å². The van der Waals surface area contributed by atoms with E-state index in [9.17, 15) is 4.79 Å². The van der Waals surface area contributed by atoms with E-state index in [4.69, 9.17) is 9.47 Å². The van der Waals surface area contributed by atoms with Crippen molar-refractivity contribution in [2.24, 2.45) is 0 Å². The largest absolute Gasteiger partial charge is 0.495 e. The van der Waals surface area contributed by atoms with E-state index in [0.29, 0.717) is 28.1 Å². The van der Waals surface area contributed by atoms with Gasteiger partial charge in [0.05, 0.1) is 28.3 Å².